The lowest BCUT2D eigenvalue weighted by Crippen LogP contribution is -2.38. The molecule has 7 heteroatoms. The molecule has 0 unspecified atom stereocenters. The van der Waals surface area contributed by atoms with Crippen LogP contribution in [0.2, 0.25) is 0 Å². The molecule has 4 rings (SSSR count). The number of nitrogens with one attached hydrogen (secondary N) is 1. The van der Waals surface area contributed by atoms with Crippen molar-refractivity contribution in [2.45, 2.75) is 40.9 Å². The Morgan fingerprint density at radius 2 is 1.83 bits per heavy atom. The van der Waals surface area contributed by atoms with Crippen molar-refractivity contribution in [3.05, 3.63) is 53.1 Å². The Balaban J connectivity index is 1.45. The summed E-state index contributed by atoms with van der Waals surface area (Å²) in [6.07, 6.45) is 2.72. The summed E-state index contributed by atoms with van der Waals surface area (Å²) in [5.74, 6) is 0. The van der Waals surface area contributed by atoms with E-state index in [1.54, 1.807) is 11.8 Å². The van der Waals surface area contributed by atoms with Crippen LogP contribution in [0.4, 0.5) is 0 Å². The predicted molar refractivity (Wildman–Crippen MR) is 116 cm³/mol. The van der Waals surface area contributed by atoms with Crippen molar-refractivity contribution in [2.24, 2.45) is 0 Å². The van der Waals surface area contributed by atoms with Gasteiger partial charge in [0.1, 0.15) is 0 Å². The predicted octanol–water partition coefficient (Wildman–Crippen LogP) is 3.25. The van der Waals surface area contributed by atoms with Gasteiger partial charge in [0.05, 0.1) is 18.1 Å². The quantitative estimate of drug-likeness (QED) is 0.710. The molecule has 2 aromatic carbocycles. The van der Waals surface area contributed by atoms with Gasteiger partial charge in [0.2, 0.25) is 10.0 Å². The molecule has 5 nitrogen and oxygen atoms in total. The first-order chi connectivity index (χ1) is 14.0. The largest absolute Gasteiger partial charge is 0.379 e. The first-order valence-corrected chi connectivity index (χ1v) is 12.5. The van der Waals surface area contributed by atoms with Crippen molar-refractivity contribution in [2.75, 3.05) is 39.4 Å². The topological polar surface area (TPSA) is 58.6 Å². The third-order valence-corrected chi connectivity index (χ3v) is 8.37. The Bertz CT molecular complexity index is 970. The smallest absolute Gasteiger partial charge is 0.240 e. The molecule has 0 bridgehead atoms. The average Bonchev–Trinajstić information content (AvgIpc) is 2.90. The molecule has 2 aromatic rings. The highest BCUT2D eigenvalue weighted by atomic mass is 32.2. The van der Waals surface area contributed by atoms with E-state index in [0.29, 0.717) is 11.4 Å². The molecule has 1 saturated heterocycles. The van der Waals surface area contributed by atoms with Crippen molar-refractivity contribution < 1.29 is 13.2 Å². The Kier molecular flexibility index (Phi) is 6.61. The van der Waals surface area contributed by atoms with E-state index in [2.05, 4.69) is 33.9 Å². The minimum Gasteiger partial charge on any atom is -0.379 e. The maximum absolute atomic E-state index is 13.0. The van der Waals surface area contributed by atoms with E-state index in [1.165, 1.54) is 16.0 Å². The minimum absolute atomic E-state index is 0.398. The van der Waals surface area contributed by atoms with E-state index in [-0.39, 0.29) is 0 Å². The van der Waals surface area contributed by atoms with Crippen LogP contribution in [0.15, 0.2) is 51.1 Å². The van der Waals surface area contributed by atoms with Gasteiger partial charge in [0.25, 0.3) is 0 Å². The molecule has 0 aliphatic carbocycles. The molecular weight excluding hydrogens is 404 g/mol. The highest BCUT2D eigenvalue weighted by molar-refractivity contribution is 7.99. The van der Waals surface area contributed by atoms with Gasteiger partial charge in [-0.25, -0.2) is 13.1 Å². The van der Waals surface area contributed by atoms with Gasteiger partial charge in [-0.2, -0.15) is 0 Å². The normalized spacial score (nSPS) is 17.4. The van der Waals surface area contributed by atoms with E-state index in [0.717, 1.165) is 62.6 Å². The summed E-state index contributed by atoms with van der Waals surface area (Å²) in [5.41, 5.74) is 3.38. The molecule has 2 aliphatic rings. The summed E-state index contributed by atoms with van der Waals surface area (Å²) in [6.45, 7) is 6.62. The van der Waals surface area contributed by atoms with Crippen LogP contribution >= 0.6 is 11.8 Å². The Hall–Kier alpha value is -1.38. The highest BCUT2D eigenvalue weighted by Crippen LogP contribution is 2.39. The highest BCUT2D eigenvalue weighted by Gasteiger charge is 2.22. The van der Waals surface area contributed by atoms with Crippen LogP contribution in [-0.2, 0) is 27.6 Å². The van der Waals surface area contributed by atoms with Crippen LogP contribution in [0, 0.1) is 6.92 Å². The van der Waals surface area contributed by atoms with Gasteiger partial charge in [0, 0.05) is 29.4 Å². The van der Waals surface area contributed by atoms with Gasteiger partial charge in [-0.05, 0) is 61.6 Å². The molecule has 1 fully saturated rings. The Labute approximate surface area is 177 Å². The molecule has 0 aromatic heterocycles. The lowest BCUT2D eigenvalue weighted by Gasteiger charge is -2.26. The van der Waals surface area contributed by atoms with Crippen molar-refractivity contribution in [3.8, 4) is 0 Å². The molecule has 0 amide bonds. The third kappa shape index (κ3) is 5.03. The standard InChI is InChI=1S/C22H28N2O3S2/c1-17-15-19-8-7-18-5-2-3-6-20(18)28-21(19)16-22(17)29(25,26)23-9-4-10-24-11-13-27-14-12-24/h2-3,5-6,15-16,23H,4,7-14H2,1H3. The van der Waals surface area contributed by atoms with E-state index >= 15 is 0 Å². The first-order valence-electron chi connectivity index (χ1n) is 10.2. The molecule has 2 aliphatic heterocycles. The van der Waals surface area contributed by atoms with Gasteiger partial charge < -0.3 is 4.74 Å². The summed E-state index contributed by atoms with van der Waals surface area (Å²) in [4.78, 5) is 4.99. The van der Waals surface area contributed by atoms with E-state index in [4.69, 9.17) is 4.74 Å². The fourth-order valence-electron chi connectivity index (χ4n) is 3.92. The number of rotatable bonds is 6. The lowest BCUT2D eigenvalue weighted by molar-refractivity contribution is 0.0376. The zero-order chi connectivity index (χ0) is 20.3. The zero-order valence-corrected chi connectivity index (χ0v) is 18.4. The van der Waals surface area contributed by atoms with Gasteiger partial charge >= 0.3 is 0 Å². The SMILES string of the molecule is Cc1cc2c(cc1S(=O)(=O)NCCCN1CCOCC1)Sc1ccccc1CC2. The Morgan fingerprint density at radius 1 is 1.07 bits per heavy atom. The molecule has 156 valence electrons. The van der Waals surface area contributed by atoms with Gasteiger partial charge in [-0.3, -0.25) is 4.90 Å². The number of benzene rings is 2. The summed E-state index contributed by atoms with van der Waals surface area (Å²) in [6, 6.07) is 12.3. The molecule has 29 heavy (non-hydrogen) atoms. The number of nitrogens with zero attached hydrogens (tertiary/aromatic N) is 1. The van der Waals surface area contributed by atoms with Crippen LogP contribution in [0.25, 0.3) is 0 Å². The summed E-state index contributed by atoms with van der Waals surface area (Å²) in [5, 5.41) is 0. The zero-order valence-electron chi connectivity index (χ0n) is 16.8. The number of morpholine rings is 1. The number of aryl methyl sites for hydroxylation is 3. The number of hydrogen-bond acceptors (Lipinski definition) is 5. The molecule has 1 N–H and O–H groups in total. The van der Waals surface area contributed by atoms with Crippen molar-refractivity contribution in [1.29, 1.82) is 0 Å². The molecule has 0 spiro atoms. The van der Waals surface area contributed by atoms with Crippen LogP contribution in [-0.4, -0.2) is 52.7 Å². The van der Waals surface area contributed by atoms with Crippen LogP contribution in [0.1, 0.15) is 23.1 Å². The lowest BCUT2D eigenvalue weighted by atomic mass is 10.0. The number of fused-ring (bicyclic) bond motifs is 2. The second-order valence-corrected chi connectivity index (χ2v) is 10.5. The molecule has 2 heterocycles. The van der Waals surface area contributed by atoms with Crippen LogP contribution in [0.5, 0.6) is 0 Å². The maximum Gasteiger partial charge on any atom is 0.240 e. The van der Waals surface area contributed by atoms with E-state index < -0.39 is 10.0 Å². The fraction of sp³-hybridized carbons (Fsp3) is 0.455. The van der Waals surface area contributed by atoms with Crippen LogP contribution < -0.4 is 4.72 Å². The molecular formula is C22H28N2O3S2. The minimum atomic E-state index is -3.52. The summed E-state index contributed by atoms with van der Waals surface area (Å²) in [7, 11) is -3.52. The van der Waals surface area contributed by atoms with Gasteiger partial charge in [0.15, 0.2) is 0 Å². The summed E-state index contributed by atoms with van der Waals surface area (Å²) >= 11 is 1.68. The van der Waals surface area contributed by atoms with E-state index in [9.17, 15) is 8.42 Å². The second kappa shape index (κ2) is 9.18. The van der Waals surface area contributed by atoms with Crippen molar-refractivity contribution in [3.63, 3.8) is 0 Å². The van der Waals surface area contributed by atoms with Crippen molar-refractivity contribution in [1.82, 2.24) is 9.62 Å². The van der Waals surface area contributed by atoms with Gasteiger partial charge in [-0.1, -0.05) is 36.0 Å². The molecule has 0 radical (unpaired) electrons. The van der Waals surface area contributed by atoms with Crippen LogP contribution in [0.3, 0.4) is 0 Å². The summed E-state index contributed by atoms with van der Waals surface area (Å²) < 4.78 is 34.1. The number of hydrogen-bond donors (Lipinski definition) is 1. The molecule has 0 atom stereocenters. The first kappa shape index (κ1) is 20.9. The average molecular weight is 433 g/mol. The fourth-order valence-corrected chi connectivity index (χ4v) is 6.47. The number of ether oxygens (including phenoxy) is 1. The second-order valence-electron chi connectivity index (χ2n) is 7.64. The third-order valence-electron chi connectivity index (χ3n) is 5.55. The molecule has 0 saturated carbocycles. The van der Waals surface area contributed by atoms with E-state index in [1.807, 2.05) is 19.1 Å². The Morgan fingerprint density at radius 3 is 2.66 bits per heavy atom. The number of sulfonamides is 1. The van der Waals surface area contributed by atoms with Gasteiger partial charge in [-0.15, -0.1) is 0 Å². The maximum atomic E-state index is 13.0. The monoisotopic (exact) mass is 432 g/mol. The van der Waals surface area contributed by atoms with Crippen molar-refractivity contribution >= 4 is 21.8 Å².